The molecular weight excluding hydrogens is 531 g/mol. The zero-order valence-electron chi connectivity index (χ0n) is 21.7. The van der Waals surface area contributed by atoms with Crippen molar-refractivity contribution in [1.29, 1.82) is 0 Å². The van der Waals surface area contributed by atoms with E-state index < -0.39 is 40.6 Å². The summed E-state index contributed by atoms with van der Waals surface area (Å²) < 4.78 is 30.5. The molecule has 1 aliphatic carbocycles. The Labute approximate surface area is 228 Å². The van der Waals surface area contributed by atoms with Crippen LogP contribution in [0.3, 0.4) is 0 Å². The smallest absolute Gasteiger partial charge is 0.232 e. The molecule has 2 aliphatic heterocycles. The molecular formula is C28H26ClFN2O7. The van der Waals surface area contributed by atoms with Gasteiger partial charge in [-0.25, -0.2) is 4.39 Å². The number of ether oxygens (including phenoxy) is 3. The highest BCUT2D eigenvalue weighted by atomic mass is 35.5. The van der Waals surface area contributed by atoms with Crippen molar-refractivity contribution in [2.45, 2.75) is 38.2 Å². The summed E-state index contributed by atoms with van der Waals surface area (Å²) in [5.74, 6) is -3.24. The number of aliphatic hydroxyl groups excluding tert-OH is 1. The van der Waals surface area contributed by atoms with Crippen LogP contribution in [-0.4, -0.2) is 54.7 Å². The summed E-state index contributed by atoms with van der Waals surface area (Å²) in [5, 5.41) is 14.2. The molecule has 1 spiro atoms. The molecule has 0 bridgehead atoms. The van der Waals surface area contributed by atoms with Crippen LogP contribution in [0.15, 0.2) is 40.6 Å². The number of halogens is 2. The number of amides is 1. The third kappa shape index (κ3) is 3.96. The molecule has 2 aromatic carbocycles. The van der Waals surface area contributed by atoms with Gasteiger partial charge >= 0.3 is 0 Å². The Balaban J connectivity index is 1.49. The van der Waals surface area contributed by atoms with Crippen LogP contribution in [0.4, 0.5) is 10.1 Å². The second-order valence-corrected chi connectivity index (χ2v) is 10.1. The average molecular weight is 557 g/mol. The number of aliphatic hydroxyl groups is 1. The first kappa shape index (κ1) is 26.7. The average Bonchev–Trinajstić information content (AvgIpc) is 3.38. The van der Waals surface area contributed by atoms with Gasteiger partial charge in [-0.05, 0) is 37.1 Å². The molecule has 2 heterocycles. The molecule has 0 saturated carbocycles. The van der Waals surface area contributed by atoms with Gasteiger partial charge in [0.15, 0.2) is 17.3 Å². The van der Waals surface area contributed by atoms with Crippen LogP contribution in [0.25, 0.3) is 0 Å². The molecule has 0 saturated heterocycles. The molecule has 204 valence electrons. The number of carbonyl (C=O) groups is 3. The third-order valence-corrected chi connectivity index (χ3v) is 7.92. The minimum atomic E-state index is -1.91. The van der Waals surface area contributed by atoms with Crippen LogP contribution in [0.5, 0.6) is 17.2 Å². The van der Waals surface area contributed by atoms with Crippen LogP contribution in [0.2, 0.25) is 5.02 Å². The number of nitrogens with zero attached hydrogens (tertiary/aromatic N) is 1. The first-order valence-corrected chi connectivity index (χ1v) is 12.7. The number of Topliss-reactive ketones (excluding diaryl/α,β-unsaturated/α-hetero) is 2. The number of fused-ring (bicyclic) bond motifs is 2. The molecule has 1 amide bonds. The number of rotatable bonds is 6. The van der Waals surface area contributed by atoms with Gasteiger partial charge < -0.3 is 24.6 Å². The standard InChI is InChI=1S/C28H26ClFN2O7/c1-12-9-18(33)21(13(2)31-8-7-15-16-10-14(30)5-6-17(16)32-27(15)36)25(34)28(12)26(35)22-19(37-3)11-20(38-4)23(29)24(22)39-28/h5-6,10-12,15,34H,7-9H2,1-4H3,(H,32,36)/t12-,15?,28+/m1/s1. The van der Waals surface area contributed by atoms with E-state index >= 15 is 0 Å². The van der Waals surface area contributed by atoms with E-state index in [2.05, 4.69) is 10.3 Å². The Bertz CT molecular complexity index is 1500. The van der Waals surface area contributed by atoms with Gasteiger partial charge in [-0.2, -0.15) is 0 Å². The van der Waals surface area contributed by atoms with E-state index in [1.807, 2.05) is 0 Å². The van der Waals surface area contributed by atoms with Gasteiger partial charge in [-0.15, -0.1) is 0 Å². The molecule has 3 atom stereocenters. The van der Waals surface area contributed by atoms with Gasteiger partial charge in [0.25, 0.3) is 0 Å². The molecule has 39 heavy (non-hydrogen) atoms. The number of hydrogen-bond acceptors (Lipinski definition) is 8. The number of nitrogens with one attached hydrogen (secondary N) is 1. The number of aliphatic imine (C=N–C) groups is 1. The van der Waals surface area contributed by atoms with Crippen molar-refractivity contribution < 1.29 is 38.1 Å². The normalized spacial score (nSPS) is 24.1. The highest BCUT2D eigenvalue weighted by molar-refractivity contribution is 6.35. The number of ketones is 2. The second kappa shape index (κ2) is 9.68. The van der Waals surface area contributed by atoms with Crippen molar-refractivity contribution in [2.24, 2.45) is 10.9 Å². The summed E-state index contributed by atoms with van der Waals surface area (Å²) in [6.07, 6.45) is 0.150. The van der Waals surface area contributed by atoms with E-state index in [4.69, 9.17) is 25.8 Å². The molecule has 9 nitrogen and oxygen atoms in total. The molecule has 0 radical (unpaired) electrons. The molecule has 0 aromatic heterocycles. The van der Waals surface area contributed by atoms with Gasteiger partial charge in [0.1, 0.15) is 27.9 Å². The summed E-state index contributed by atoms with van der Waals surface area (Å²) >= 11 is 6.46. The number of anilines is 1. The van der Waals surface area contributed by atoms with Crippen LogP contribution in [-0.2, 0) is 9.59 Å². The van der Waals surface area contributed by atoms with E-state index in [-0.39, 0.29) is 64.4 Å². The fraction of sp³-hybridized carbons (Fsp3) is 0.357. The van der Waals surface area contributed by atoms with Gasteiger partial charge in [-0.3, -0.25) is 19.4 Å². The second-order valence-electron chi connectivity index (χ2n) is 9.75. The lowest BCUT2D eigenvalue weighted by Gasteiger charge is -2.37. The van der Waals surface area contributed by atoms with Gasteiger partial charge in [-0.1, -0.05) is 18.5 Å². The highest BCUT2D eigenvalue weighted by Gasteiger charge is 2.61. The lowest BCUT2D eigenvalue weighted by molar-refractivity contribution is -0.119. The van der Waals surface area contributed by atoms with E-state index in [0.717, 1.165) is 0 Å². The van der Waals surface area contributed by atoms with Crippen LogP contribution in [0, 0.1) is 11.7 Å². The van der Waals surface area contributed by atoms with Crippen LogP contribution < -0.4 is 19.5 Å². The maximum atomic E-state index is 13.8. The minimum Gasteiger partial charge on any atom is -0.507 e. The molecule has 2 N–H and O–H groups in total. The number of hydrogen-bond donors (Lipinski definition) is 2. The van der Waals surface area contributed by atoms with Crippen LogP contribution >= 0.6 is 11.6 Å². The molecule has 0 fully saturated rings. The summed E-state index contributed by atoms with van der Waals surface area (Å²) in [4.78, 5) is 43.8. The van der Waals surface area contributed by atoms with Gasteiger partial charge in [0.05, 0.1) is 25.7 Å². The lowest BCUT2D eigenvalue weighted by Crippen LogP contribution is -2.53. The van der Waals surface area contributed by atoms with Gasteiger partial charge in [0.2, 0.25) is 17.3 Å². The molecule has 1 unspecified atom stereocenters. The minimum absolute atomic E-state index is 0.00213. The van der Waals surface area contributed by atoms with E-state index in [1.54, 1.807) is 13.8 Å². The first-order valence-electron chi connectivity index (χ1n) is 12.3. The summed E-state index contributed by atoms with van der Waals surface area (Å²) in [6.45, 7) is 3.28. The topological polar surface area (TPSA) is 124 Å². The number of carbonyl (C=O) groups excluding carboxylic acids is 3. The predicted molar refractivity (Wildman–Crippen MR) is 141 cm³/mol. The zero-order chi connectivity index (χ0) is 28.2. The van der Waals surface area contributed by atoms with Crippen molar-refractivity contribution in [3.8, 4) is 17.2 Å². The largest absolute Gasteiger partial charge is 0.507 e. The first-order chi connectivity index (χ1) is 18.5. The Kier molecular flexibility index (Phi) is 6.62. The predicted octanol–water partition coefficient (Wildman–Crippen LogP) is 4.82. The molecule has 11 heteroatoms. The van der Waals surface area contributed by atoms with E-state index in [0.29, 0.717) is 11.3 Å². The molecule has 3 aliphatic rings. The summed E-state index contributed by atoms with van der Waals surface area (Å²) in [5.41, 5.74) is -0.715. The fourth-order valence-corrected chi connectivity index (χ4v) is 5.82. The monoisotopic (exact) mass is 556 g/mol. The Hall–Kier alpha value is -3.92. The maximum absolute atomic E-state index is 13.8. The Morgan fingerprint density at radius 2 is 1.95 bits per heavy atom. The van der Waals surface area contributed by atoms with Crippen molar-refractivity contribution in [2.75, 3.05) is 26.1 Å². The lowest BCUT2D eigenvalue weighted by atomic mass is 9.72. The maximum Gasteiger partial charge on any atom is 0.232 e. The van der Waals surface area contributed by atoms with Gasteiger partial charge in [0, 0.05) is 36.3 Å². The number of allylic oxidation sites excluding steroid dienone is 1. The van der Waals surface area contributed by atoms with Crippen molar-refractivity contribution in [3.05, 3.63) is 57.6 Å². The zero-order valence-corrected chi connectivity index (χ0v) is 22.4. The Morgan fingerprint density at radius 1 is 1.23 bits per heavy atom. The molecule has 5 rings (SSSR count). The third-order valence-electron chi connectivity index (χ3n) is 7.56. The van der Waals surface area contributed by atoms with Crippen molar-refractivity contribution in [1.82, 2.24) is 0 Å². The number of methoxy groups -OCH3 is 2. The van der Waals surface area contributed by atoms with E-state index in [1.165, 1.54) is 38.5 Å². The Morgan fingerprint density at radius 3 is 2.64 bits per heavy atom. The fourth-order valence-electron chi connectivity index (χ4n) is 5.55. The number of benzene rings is 2. The van der Waals surface area contributed by atoms with Crippen LogP contribution in [0.1, 0.15) is 48.5 Å². The SMILES string of the molecule is COc1cc(OC)c2c(c1Cl)O[C@]1(C2=O)C(O)=C(C(C)=NCCC2C(=O)Nc3ccc(F)cc32)C(=O)C[C@H]1C. The van der Waals surface area contributed by atoms with Crippen molar-refractivity contribution >= 4 is 40.5 Å². The van der Waals surface area contributed by atoms with Crippen molar-refractivity contribution in [3.63, 3.8) is 0 Å². The quantitative estimate of drug-likeness (QED) is 0.489. The summed E-state index contributed by atoms with van der Waals surface area (Å²) in [7, 11) is 2.78. The summed E-state index contributed by atoms with van der Waals surface area (Å²) in [6, 6.07) is 5.55. The van der Waals surface area contributed by atoms with E-state index in [9.17, 15) is 23.9 Å². The highest BCUT2D eigenvalue weighted by Crippen LogP contribution is 2.54. The molecule has 2 aromatic rings.